The smallest absolute Gasteiger partial charge is 0.169 e. The summed E-state index contributed by atoms with van der Waals surface area (Å²) in [6.07, 6.45) is 3.73. The van der Waals surface area contributed by atoms with Gasteiger partial charge in [-0.2, -0.15) is 0 Å². The molecule has 0 aliphatic carbocycles. The molecule has 3 aromatic rings. The lowest BCUT2D eigenvalue weighted by atomic mass is 9.75. The first-order valence-electron chi connectivity index (χ1n) is 7.88. The van der Waals surface area contributed by atoms with Crippen LogP contribution in [0.25, 0.3) is 10.9 Å². The predicted molar refractivity (Wildman–Crippen MR) is 94.2 cm³/mol. The second-order valence-electron chi connectivity index (χ2n) is 6.36. The van der Waals surface area contributed by atoms with E-state index >= 15 is 0 Å². The van der Waals surface area contributed by atoms with Crippen molar-refractivity contribution in [2.45, 2.75) is 19.8 Å². The molecule has 0 unspecified atom stereocenters. The Kier molecular flexibility index (Phi) is 4.30. The van der Waals surface area contributed by atoms with Crippen LogP contribution in [0.15, 0.2) is 54.7 Å². The van der Waals surface area contributed by atoms with E-state index in [-0.39, 0.29) is 5.78 Å². The van der Waals surface area contributed by atoms with Crippen molar-refractivity contribution in [3.8, 4) is 0 Å². The third-order valence-corrected chi connectivity index (χ3v) is 4.41. The lowest BCUT2D eigenvalue weighted by Crippen LogP contribution is -2.31. The molecule has 3 nitrogen and oxygen atoms in total. The van der Waals surface area contributed by atoms with E-state index in [0.717, 1.165) is 5.56 Å². The maximum absolute atomic E-state index is 14.2. The highest BCUT2D eigenvalue weighted by Crippen LogP contribution is 2.32. The minimum atomic E-state index is -0.778. The van der Waals surface area contributed by atoms with Crippen LogP contribution in [0.4, 0.5) is 4.39 Å². The second-order valence-corrected chi connectivity index (χ2v) is 6.36. The monoisotopic (exact) mass is 322 g/mol. The van der Waals surface area contributed by atoms with Gasteiger partial charge in [-0.05, 0) is 42.8 Å². The van der Waals surface area contributed by atoms with Crippen LogP contribution in [0.2, 0.25) is 0 Å². The lowest BCUT2D eigenvalue weighted by Gasteiger charge is -2.27. The molecule has 0 amide bonds. The molecule has 0 fully saturated rings. The molecule has 0 aliphatic rings. The molecule has 3 rings (SSSR count). The molecule has 2 aromatic carbocycles. The maximum atomic E-state index is 14.2. The zero-order chi connectivity index (χ0) is 17.2. The molecule has 0 aliphatic heterocycles. The minimum Gasteiger partial charge on any atom is -0.359 e. The molecule has 0 saturated carbocycles. The van der Waals surface area contributed by atoms with Crippen LogP contribution in [0.1, 0.15) is 29.3 Å². The average molecular weight is 322 g/mol. The molecule has 0 radical (unpaired) electrons. The van der Waals surface area contributed by atoms with E-state index in [0.29, 0.717) is 29.3 Å². The van der Waals surface area contributed by atoms with Gasteiger partial charge in [0.15, 0.2) is 5.78 Å². The van der Waals surface area contributed by atoms with Crippen LogP contribution < -0.4 is 0 Å². The summed E-state index contributed by atoms with van der Waals surface area (Å²) in [5, 5.41) is 8.15. The fraction of sp³-hybridized carbons (Fsp3) is 0.200. The molecule has 2 N–H and O–H groups in total. The Morgan fingerprint density at radius 3 is 2.71 bits per heavy atom. The molecule has 0 bridgehead atoms. The van der Waals surface area contributed by atoms with Crippen molar-refractivity contribution in [2.75, 3.05) is 0 Å². The summed E-state index contributed by atoms with van der Waals surface area (Å²) in [6, 6.07) is 14.5. The van der Waals surface area contributed by atoms with Crippen molar-refractivity contribution in [1.29, 1.82) is 5.41 Å². The largest absolute Gasteiger partial charge is 0.359 e. The van der Waals surface area contributed by atoms with Gasteiger partial charge in [-0.1, -0.05) is 37.3 Å². The highest BCUT2D eigenvalue weighted by Gasteiger charge is 2.33. The Morgan fingerprint density at radius 1 is 1.25 bits per heavy atom. The highest BCUT2D eigenvalue weighted by atomic mass is 19.1. The number of Topliss-reactive ketones (excluding diaryl/α,β-unsaturated/α-hetero) is 1. The molecule has 1 aromatic heterocycles. The van der Waals surface area contributed by atoms with Crippen molar-refractivity contribution in [3.05, 3.63) is 71.7 Å². The van der Waals surface area contributed by atoms with Gasteiger partial charge in [-0.3, -0.25) is 4.79 Å². The molecule has 24 heavy (non-hydrogen) atoms. The van der Waals surface area contributed by atoms with Crippen molar-refractivity contribution in [2.24, 2.45) is 5.41 Å². The Balaban J connectivity index is 1.99. The number of fused-ring (bicyclic) bond motifs is 1. The van der Waals surface area contributed by atoms with Crippen LogP contribution in [-0.4, -0.2) is 17.0 Å². The SMILES string of the molecule is C[C@@](CC=N)(Cc1ccccc1)C(=O)c1cc(F)c2[nH]ccc2c1. The van der Waals surface area contributed by atoms with Gasteiger partial charge in [0.25, 0.3) is 0 Å². The summed E-state index contributed by atoms with van der Waals surface area (Å²) in [7, 11) is 0. The molecule has 4 heteroatoms. The Morgan fingerprint density at radius 2 is 2.00 bits per heavy atom. The van der Waals surface area contributed by atoms with E-state index in [1.54, 1.807) is 18.3 Å². The van der Waals surface area contributed by atoms with Crippen molar-refractivity contribution >= 4 is 22.9 Å². The summed E-state index contributed by atoms with van der Waals surface area (Å²) in [5.41, 5.74) is 1.00. The molecule has 0 saturated heterocycles. The standard InChI is InChI=1S/C20H19FN2O/c1-20(8-9-22,13-14-5-3-2-4-6-14)19(24)16-11-15-7-10-23-18(15)17(21)12-16/h2-7,9-12,22-23H,8,13H2,1H3/t20-/m1/s1. The number of aromatic nitrogens is 1. The number of ketones is 1. The van der Waals surface area contributed by atoms with Gasteiger partial charge >= 0.3 is 0 Å². The number of benzene rings is 2. The van der Waals surface area contributed by atoms with Crippen LogP contribution in [0.3, 0.4) is 0 Å². The number of aromatic amines is 1. The second kappa shape index (κ2) is 6.40. The van der Waals surface area contributed by atoms with Gasteiger partial charge in [0, 0.05) is 22.6 Å². The number of H-pyrrole nitrogens is 1. The van der Waals surface area contributed by atoms with Crippen molar-refractivity contribution in [3.63, 3.8) is 0 Å². The van der Waals surface area contributed by atoms with Crippen LogP contribution in [0, 0.1) is 16.6 Å². The molecule has 1 heterocycles. The number of hydrogen-bond acceptors (Lipinski definition) is 2. The van der Waals surface area contributed by atoms with Crippen molar-refractivity contribution < 1.29 is 9.18 Å². The third kappa shape index (κ3) is 3.00. The summed E-state index contributed by atoms with van der Waals surface area (Å²) in [4.78, 5) is 15.9. The topological polar surface area (TPSA) is 56.7 Å². The first-order valence-corrected chi connectivity index (χ1v) is 7.88. The number of hydrogen-bond donors (Lipinski definition) is 2. The van der Waals surface area contributed by atoms with Gasteiger partial charge in [0.1, 0.15) is 5.82 Å². The van der Waals surface area contributed by atoms with Gasteiger partial charge in [0.05, 0.1) is 5.52 Å². The number of nitrogens with one attached hydrogen (secondary N) is 2. The van der Waals surface area contributed by atoms with E-state index in [2.05, 4.69) is 4.98 Å². The predicted octanol–water partition coefficient (Wildman–Crippen LogP) is 4.78. The number of rotatable bonds is 6. The van der Waals surface area contributed by atoms with Crippen molar-refractivity contribution in [1.82, 2.24) is 4.98 Å². The van der Waals surface area contributed by atoms with Gasteiger partial charge in [0.2, 0.25) is 0 Å². The quantitative estimate of drug-likeness (QED) is 0.498. The molecular weight excluding hydrogens is 303 g/mol. The Labute approximate surface area is 140 Å². The third-order valence-electron chi connectivity index (χ3n) is 4.41. The van der Waals surface area contributed by atoms with E-state index < -0.39 is 11.2 Å². The van der Waals surface area contributed by atoms with E-state index in [9.17, 15) is 9.18 Å². The van der Waals surface area contributed by atoms with Gasteiger partial charge < -0.3 is 10.4 Å². The average Bonchev–Trinajstić information content (AvgIpc) is 3.04. The van der Waals surface area contributed by atoms with E-state index in [1.807, 2.05) is 37.3 Å². The molecule has 0 spiro atoms. The summed E-state index contributed by atoms with van der Waals surface area (Å²) >= 11 is 0. The normalized spacial score (nSPS) is 13.6. The number of carbonyl (C=O) groups excluding carboxylic acids is 1. The van der Waals surface area contributed by atoms with E-state index in [1.165, 1.54) is 12.3 Å². The first-order chi connectivity index (χ1) is 11.5. The van der Waals surface area contributed by atoms with E-state index in [4.69, 9.17) is 5.41 Å². The zero-order valence-electron chi connectivity index (χ0n) is 13.5. The fourth-order valence-corrected chi connectivity index (χ4v) is 3.12. The summed E-state index contributed by atoms with van der Waals surface area (Å²) in [5.74, 6) is -0.574. The van der Waals surface area contributed by atoms with Crippen LogP contribution >= 0.6 is 0 Å². The number of carbonyl (C=O) groups is 1. The van der Waals surface area contributed by atoms with Gasteiger partial charge in [-0.15, -0.1) is 0 Å². The lowest BCUT2D eigenvalue weighted by molar-refractivity contribution is 0.0824. The molecule has 1 atom stereocenters. The van der Waals surface area contributed by atoms with Crippen LogP contribution in [0.5, 0.6) is 0 Å². The fourth-order valence-electron chi connectivity index (χ4n) is 3.12. The first kappa shape index (κ1) is 16.1. The maximum Gasteiger partial charge on any atom is 0.169 e. The Hall–Kier alpha value is -2.75. The zero-order valence-corrected chi connectivity index (χ0v) is 13.5. The summed E-state index contributed by atoms with van der Waals surface area (Å²) < 4.78 is 14.2. The Bertz CT molecular complexity index is 885. The molecule has 122 valence electrons. The summed E-state index contributed by atoms with van der Waals surface area (Å²) in [6.45, 7) is 1.84. The number of halogens is 1. The van der Waals surface area contributed by atoms with Gasteiger partial charge in [-0.25, -0.2) is 4.39 Å². The highest BCUT2D eigenvalue weighted by molar-refractivity contribution is 6.04. The minimum absolute atomic E-state index is 0.142. The molecular formula is C20H19FN2O. The van der Waals surface area contributed by atoms with Crippen LogP contribution in [-0.2, 0) is 6.42 Å².